The highest BCUT2D eigenvalue weighted by Gasteiger charge is 2.23. The van der Waals surface area contributed by atoms with Crippen molar-refractivity contribution < 1.29 is 23.9 Å². The SMILES string of the molecule is COc1cc(C)c(-c2nc3ccccc3c(=O)n2N=Cc2cc(Cl)cc([N+](=O)[O-])c2OCc2ccc3c(c2)OCO3)cc1C(C)C. The quantitative estimate of drug-likeness (QED) is 0.0936. The molecule has 0 amide bonds. The van der Waals surface area contributed by atoms with E-state index in [0.717, 1.165) is 16.9 Å². The lowest BCUT2D eigenvalue weighted by Gasteiger charge is -2.17. The Bertz CT molecular complexity index is 2090. The Morgan fingerprint density at radius 3 is 2.65 bits per heavy atom. The van der Waals surface area contributed by atoms with Crippen molar-refractivity contribution in [1.82, 2.24) is 9.66 Å². The van der Waals surface area contributed by atoms with E-state index in [1.807, 2.05) is 32.9 Å². The third kappa shape index (κ3) is 5.84. The smallest absolute Gasteiger partial charge is 0.313 e. The molecule has 6 rings (SSSR count). The van der Waals surface area contributed by atoms with Crippen LogP contribution in [0.25, 0.3) is 22.3 Å². The van der Waals surface area contributed by atoms with Gasteiger partial charge in [-0.3, -0.25) is 14.9 Å². The molecule has 2 heterocycles. The third-order valence-electron chi connectivity index (χ3n) is 7.59. The average Bonchev–Trinajstić information content (AvgIpc) is 3.51. The number of rotatable bonds is 9. The molecule has 0 aliphatic carbocycles. The topological polar surface area (TPSA) is 127 Å². The van der Waals surface area contributed by atoms with Gasteiger partial charge in [-0.1, -0.05) is 43.6 Å². The number of aryl methyl sites for hydroxylation is 1. The molecule has 46 heavy (non-hydrogen) atoms. The van der Waals surface area contributed by atoms with Crippen LogP contribution in [0.5, 0.6) is 23.0 Å². The summed E-state index contributed by atoms with van der Waals surface area (Å²) < 4.78 is 23.6. The fraction of sp³-hybridized carbons (Fsp3) is 0.206. The van der Waals surface area contributed by atoms with Crippen molar-refractivity contribution in [3.63, 3.8) is 0 Å². The second-order valence-electron chi connectivity index (χ2n) is 11.0. The summed E-state index contributed by atoms with van der Waals surface area (Å²) in [6.07, 6.45) is 1.32. The molecule has 4 aromatic carbocycles. The number of nitrogens with zero attached hydrogens (tertiary/aromatic N) is 4. The highest BCUT2D eigenvalue weighted by Crippen LogP contribution is 2.37. The molecule has 0 saturated heterocycles. The van der Waals surface area contributed by atoms with E-state index in [1.165, 1.54) is 23.0 Å². The summed E-state index contributed by atoms with van der Waals surface area (Å²) in [4.78, 5) is 30.3. The van der Waals surface area contributed by atoms with Crippen molar-refractivity contribution in [2.75, 3.05) is 13.9 Å². The first kappa shape index (κ1) is 30.6. The average molecular weight is 641 g/mol. The molecular formula is C34H29ClN4O7. The number of fused-ring (bicyclic) bond motifs is 2. The minimum Gasteiger partial charge on any atom is -0.496 e. The molecule has 11 nitrogen and oxygen atoms in total. The Morgan fingerprint density at radius 2 is 1.89 bits per heavy atom. The van der Waals surface area contributed by atoms with Gasteiger partial charge in [-0.15, -0.1) is 0 Å². The van der Waals surface area contributed by atoms with E-state index in [1.54, 1.807) is 49.6 Å². The predicted octanol–water partition coefficient (Wildman–Crippen LogP) is 7.26. The van der Waals surface area contributed by atoms with E-state index in [4.69, 9.17) is 35.5 Å². The molecular weight excluding hydrogens is 612 g/mol. The van der Waals surface area contributed by atoms with Crippen LogP contribution in [0.1, 0.15) is 42.0 Å². The van der Waals surface area contributed by atoms with Crippen LogP contribution >= 0.6 is 11.6 Å². The minimum absolute atomic E-state index is 0.0221. The number of halogens is 1. The molecule has 0 bridgehead atoms. The molecule has 234 valence electrons. The fourth-order valence-corrected chi connectivity index (χ4v) is 5.49. The fourth-order valence-electron chi connectivity index (χ4n) is 5.27. The number of nitro benzene ring substituents is 1. The molecule has 0 N–H and O–H groups in total. The Hall–Kier alpha value is -5.42. The highest BCUT2D eigenvalue weighted by atomic mass is 35.5. The lowest BCUT2D eigenvalue weighted by Crippen LogP contribution is -2.21. The number of benzene rings is 4. The lowest BCUT2D eigenvalue weighted by atomic mass is 9.96. The Kier molecular flexibility index (Phi) is 8.33. The van der Waals surface area contributed by atoms with Crippen LogP contribution in [-0.4, -0.2) is 34.7 Å². The van der Waals surface area contributed by atoms with Crippen molar-refractivity contribution in [3.05, 3.63) is 114 Å². The first-order valence-corrected chi connectivity index (χ1v) is 14.8. The van der Waals surface area contributed by atoms with Gasteiger partial charge in [0.1, 0.15) is 12.4 Å². The van der Waals surface area contributed by atoms with Crippen LogP contribution in [0.15, 0.2) is 76.6 Å². The number of hydrogen-bond acceptors (Lipinski definition) is 9. The first-order valence-electron chi connectivity index (χ1n) is 14.4. The summed E-state index contributed by atoms with van der Waals surface area (Å²) in [5.74, 6) is 2.23. The molecule has 1 aliphatic rings. The Labute approximate surface area is 268 Å². The van der Waals surface area contributed by atoms with Gasteiger partial charge in [0.2, 0.25) is 12.5 Å². The van der Waals surface area contributed by atoms with E-state index < -0.39 is 10.5 Å². The molecule has 12 heteroatoms. The summed E-state index contributed by atoms with van der Waals surface area (Å²) in [5.41, 5.74) is 3.06. The monoisotopic (exact) mass is 640 g/mol. The summed E-state index contributed by atoms with van der Waals surface area (Å²) in [6, 6.07) is 18.8. The van der Waals surface area contributed by atoms with E-state index >= 15 is 0 Å². The molecule has 0 spiro atoms. The molecule has 0 atom stereocenters. The maximum absolute atomic E-state index is 13.9. The minimum atomic E-state index is -0.582. The van der Waals surface area contributed by atoms with Gasteiger partial charge >= 0.3 is 5.69 Å². The maximum atomic E-state index is 13.9. The van der Waals surface area contributed by atoms with Crippen LogP contribution in [0.2, 0.25) is 5.02 Å². The van der Waals surface area contributed by atoms with Crippen molar-refractivity contribution in [2.45, 2.75) is 33.3 Å². The second-order valence-corrected chi connectivity index (χ2v) is 11.4. The molecule has 1 aromatic heterocycles. The molecule has 5 aromatic rings. The van der Waals surface area contributed by atoms with Crippen LogP contribution < -0.4 is 24.5 Å². The zero-order chi connectivity index (χ0) is 32.5. The van der Waals surface area contributed by atoms with Crippen molar-refractivity contribution in [1.29, 1.82) is 0 Å². The van der Waals surface area contributed by atoms with E-state index in [2.05, 4.69) is 5.10 Å². The zero-order valence-electron chi connectivity index (χ0n) is 25.4. The van der Waals surface area contributed by atoms with Crippen LogP contribution in [0, 0.1) is 17.0 Å². The number of para-hydroxylation sites is 1. The highest BCUT2D eigenvalue weighted by molar-refractivity contribution is 6.31. The van der Waals surface area contributed by atoms with Gasteiger partial charge in [0.05, 0.1) is 29.2 Å². The van der Waals surface area contributed by atoms with Gasteiger partial charge in [0, 0.05) is 22.2 Å². The van der Waals surface area contributed by atoms with Gasteiger partial charge < -0.3 is 18.9 Å². The number of ether oxygens (including phenoxy) is 4. The van der Waals surface area contributed by atoms with Crippen LogP contribution in [-0.2, 0) is 6.61 Å². The number of methoxy groups -OCH3 is 1. The van der Waals surface area contributed by atoms with Crippen molar-refractivity contribution >= 4 is 34.4 Å². The predicted molar refractivity (Wildman–Crippen MR) is 175 cm³/mol. The molecule has 0 saturated carbocycles. The number of hydrogen-bond donors (Lipinski definition) is 0. The largest absolute Gasteiger partial charge is 0.496 e. The first-order chi connectivity index (χ1) is 22.1. The van der Waals surface area contributed by atoms with Crippen LogP contribution in [0.3, 0.4) is 0 Å². The molecule has 1 aliphatic heterocycles. The van der Waals surface area contributed by atoms with E-state index in [-0.39, 0.29) is 41.3 Å². The molecule has 0 radical (unpaired) electrons. The standard InChI is InChI=1S/C34H29ClN4O7/c1-19(2)25-15-26(20(3)11-30(25)43-4)33-37-27-8-6-5-7-24(27)34(40)38(33)36-16-22-13-23(35)14-28(39(41)42)32(22)44-17-21-9-10-29-31(12-21)46-18-45-29/h5-16,19H,17-18H2,1-4H3. The van der Waals surface area contributed by atoms with Gasteiger partial charge in [-0.25, -0.2) is 4.98 Å². The normalized spacial score (nSPS) is 12.3. The summed E-state index contributed by atoms with van der Waals surface area (Å²) in [5, 5.41) is 17.1. The van der Waals surface area contributed by atoms with Crippen molar-refractivity contribution in [3.8, 4) is 34.4 Å². The molecule has 0 fully saturated rings. The molecule has 0 unspecified atom stereocenters. The summed E-state index contributed by atoms with van der Waals surface area (Å²) >= 11 is 6.32. The van der Waals surface area contributed by atoms with Gasteiger partial charge in [-0.05, 0) is 72.0 Å². The van der Waals surface area contributed by atoms with Crippen LogP contribution in [0.4, 0.5) is 5.69 Å². The van der Waals surface area contributed by atoms with E-state index in [9.17, 15) is 14.9 Å². The van der Waals surface area contributed by atoms with E-state index in [0.29, 0.717) is 39.4 Å². The lowest BCUT2D eigenvalue weighted by molar-refractivity contribution is -0.385. The van der Waals surface area contributed by atoms with Gasteiger partial charge in [-0.2, -0.15) is 9.78 Å². The third-order valence-corrected chi connectivity index (χ3v) is 7.80. The number of aromatic nitrogens is 2. The Morgan fingerprint density at radius 1 is 1.11 bits per heavy atom. The maximum Gasteiger partial charge on any atom is 0.313 e. The zero-order valence-corrected chi connectivity index (χ0v) is 26.2. The summed E-state index contributed by atoms with van der Waals surface area (Å²) in [7, 11) is 1.62. The van der Waals surface area contributed by atoms with Crippen molar-refractivity contribution in [2.24, 2.45) is 5.10 Å². The summed E-state index contributed by atoms with van der Waals surface area (Å²) in [6.45, 7) is 6.09. The van der Waals surface area contributed by atoms with Gasteiger partial charge in [0.25, 0.3) is 5.56 Å². The number of nitro groups is 1. The van der Waals surface area contributed by atoms with Gasteiger partial charge in [0.15, 0.2) is 17.3 Å². The Balaban J connectivity index is 1.49. The second kappa shape index (κ2) is 12.5.